The summed E-state index contributed by atoms with van der Waals surface area (Å²) in [6, 6.07) is 8.80. The van der Waals surface area contributed by atoms with Crippen molar-refractivity contribution < 1.29 is 0 Å². The van der Waals surface area contributed by atoms with Gasteiger partial charge in [0.15, 0.2) is 0 Å². The van der Waals surface area contributed by atoms with Crippen LogP contribution in [0.2, 0.25) is 0 Å². The molecule has 2 rings (SSSR count). The van der Waals surface area contributed by atoms with Crippen LogP contribution in [0.5, 0.6) is 0 Å². The number of fused-ring (bicyclic) bond motifs is 1. The van der Waals surface area contributed by atoms with Gasteiger partial charge < -0.3 is 5.73 Å². The van der Waals surface area contributed by atoms with Crippen molar-refractivity contribution in [2.75, 3.05) is 6.54 Å². The summed E-state index contributed by atoms with van der Waals surface area (Å²) in [5, 5.41) is 1.38. The van der Waals surface area contributed by atoms with Crippen molar-refractivity contribution in [2.24, 2.45) is 5.73 Å². The molecule has 0 saturated heterocycles. The molecule has 1 aromatic carbocycles. The molecule has 0 saturated carbocycles. The monoisotopic (exact) mass is 205 g/mol. The minimum atomic E-state index is 0.779. The fourth-order valence-corrected chi connectivity index (χ4v) is 2.80. The Morgan fingerprint density at radius 2 is 2.21 bits per heavy atom. The van der Waals surface area contributed by atoms with Gasteiger partial charge >= 0.3 is 0 Å². The number of rotatable bonds is 3. The summed E-state index contributed by atoms with van der Waals surface area (Å²) in [7, 11) is 0. The molecule has 0 amide bonds. The van der Waals surface area contributed by atoms with Gasteiger partial charge in [-0.1, -0.05) is 18.2 Å². The molecule has 2 heteroatoms. The quantitative estimate of drug-likeness (QED) is 0.818. The van der Waals surface area contributed by atoms with Gasteiger partial charge in [0.2, 0.25) is 0 Å². The Balaban J connectivity index is 2.42. The van der Waals surface area contributed by atoms with E-state index in [0.29, 0.717) is 0 Å². The van der Waals surface area contributed by atoms with Crippen LogP contribution in [0, 0.1) is 6.92 Å². The second-order valence-electron chi connectivity index (χ2n) is 3.58. The van der Waals surface area contributed by atoms with Crippen molar-refractivity contribution in [1.29, 1.82) is 0 Å². The van der Waals surface area contributed by atoms with Crippen molar-refractivity contribution >= 4 is 21.4 Å². The van der Waals surface area contributed by atoms with Gasteiger partial charge in [-0.3, -0.25) is 0 Å². The third kappa shape index (κ3) is 1.81. The van der Waals surface area contributed by atoms with Crippen molar-refractivity contribution in [1.82, 2.24) is 0 Å². The SMILES string of the molecule is Cc1cc2cccc(CCCN)c2s1. The lowest BCUT2D eigenvalue weighted by molar-refractivity contribution is 0.838. The van der Waals surface area contributed by atoms with E-state index in [1.165, 1.54) is 20.5 Å². The van der Waals surface area contributed by atoms with E-state index in [4.69, 9.17) is 5.73 Å². The summed E-state index contributed by atoms with van der Waals surface area (Å²) in [5.74, 6) is 0. The van der Waals surface area contributed by atoms with Gasteiger partial charge in [0.1, 0.15) is 0 Å². The second kappa shape index (κ2) is 4.11. The lowest BCUT2D eigenvalue weighted by atomic mass is 10.1. The van der Waals surface area contributed by atoms with E-state index in [1.54, 1.807) is 0 Å². The first-order valence-corrected chi connectivity index (χ1v) is 5.81. The summed E-state index contributed by atoms with van der Waals surface area (Å²) >= 11 is 1.89. The van der Waals surface area contributed by atoms with E-state index in [2.05, 4.69) is 31.2 Å². The molecular weight excluding hydrogens is 190 g/mol. The Hall–Kier alpha value is -0.860. The van der Waals surface area contributed by atoms with E-state index in [1.807, 2.05) is 11.3 Å². The van der Waals surface area contributed by atoms with Gasteiger partial charge in [0.05, 0.1) is 0 Å². The highest BCUT2D eigenvalue weighted by molar-refractivity contribution is 7.19. The Morgan fingerprint density at radius 3 is 3.00 bits per heavy atom. The third-order valence-electron chi connectivity index (χ3n) is 2.40. The summed E-state index contributed by atoms with van der Waals surface area (Å²) in [4.78, 5) is 1.39. The zero-order chi connectivity index (χ0) is 9.97. The number of aryl methyl sites for hydroxylation is 2. The average molecular weight is 205 g/mol. The average Bonchev–Trinajstić information content (AvgIpc) is 2.55. The zero-order valence-electron chi connectivity index (χ0n) is 8.42. The first kappa shape index (κ1) is 9.69. The molecule has 1 heterocycles. The molecule has 0 radical (unpaired) electrons. The second-order valence-corrected chi connectivity index (χ2v) is 4.84. The summed E-state index contributed by atoms with van der Waals surface area (Å²) < 4.78 is 1.44. The molecule has 1 aromatic heterocycles. The molecule has 0 atom stereocenters. The molecule has 0 fully saturated rings. The van der Waals surface area contributed by atoms with E-state index in [-0.39, 0.29) is 0 Å². The molecule has 0 aliphatic heterocycles. The molecule has 2 aromatic rings. The molecule has 1 nitrogen and oxygen atoms in total. The summed E-state index contributed by atoms with van der Waals surface area (Å²) in [6.45, 7) is 2.94. The molecule has 74 valence electrons. The van der Waals surface area contributed by atoms with E-state index >= 15 is 0 Å². The normalized spacial score (nSPS) is 11.0. The number of thiophene rings is 1. The van der Waals surface area contributed by atoms with Crippen LogP contribution < -0.4 is 5.73 Å². The van der Waals surface area contributed by atoms with Crippen LogP contribution >= 0.6 is 11.3 Å². The largest absolute Gasteiger partial charge is 0.330 e. The van der Waals surface area contributed by atoms with Crippen molar-refractivity contribution in [3.63, 3.8) is 0 Å². The van der Waals surface area contributed by atoms with Crippen LogP contribution in [-0.2, 0) is 6.42 Å². The van der Waals surface area contributed by atoms with Crippen molar-refractivity contribution in [2.45, 2.75) is 19.8 Å². The molecular formula is C12H15NS. The van der Waals surface area contributed by atoms with Crippen LogP contribution in [0.4, 0.5) is 0 Å². The molecule has 0 aliphatic carbocycles. The number of nitrogens with two attached hydrogens (primary N) is 1. The summed E-state index contributed by atoms with van der Waals surface area (Å²) in [6.07, 6.45) is 2.18. The van der Waals surface area contributed by atoms with Gasteiger partial charge in [-0.25, -0.2) is 0 Å². The fraction of sp³-hybridized carbons (Fsp3) is 0.333. The highest BCUT2D eigenvalue weighted by Gasteiger charge is 2.03. The van der Waals surface area contributed by atoms with Gasteiger partial charge in [0, 0.05) is 9.58 Å². The topological polar surface area (TPSA) is 26.0 Å². The van der Waals surface area contributed by atoms with Crippen LogP contribution in [0.3, 0.4) is 0 Å². The van der Waals surface area contributed by atoms with Crippen LogP contribution in [-0.4, -0.2) is 6.54 Å². The van der Waals surface area contributed by atoms with Crippen molar-refractivity contribution in [3.05, 3.63) is 34.7 Å². The van der Waals surface area contributed by atoms with E-state index in [0.717, 1.165) is 19.4 Å². The minimum Gasteiger partial charge on any atom is -0.330 e. The van der Waals surface area contributed by atoms with Gasteiger partial charge in [-0.15, -0.1) is 11.3 Å². The molecule has 0 unspecified atom stereocenters. The molecule has 0 aliphatic rings. The standard InChI is InChI=1S/C12H15NS/c1-9-8-11-5-2-4-10(6-3-7-13)12(11)14-9/h2,4-5,8H,3,6-7,13H2,1H3. The Labute approximate surface area is 88.6 Å². The van der Waals surface area contributed by atoms with Gasteiger partial charge in [-0.05, 0) is 43.3 Å². The Bertz CT molecular complexity index is 431. The number of hydrogen-bond acceptors (Lipinski definition) is 2. The first-order valence-electron chi connectivity index (χ1n) is 4.99. The Morgan fingerprint density at radius 1 is 1.36 bits per heavy atom. The molecule has 0 bridgehead atoms. The van der Waals surface area contributed by atoms with Crippen LogP contribution in [0.15, 0.2) is 24.3 Å². The summed E-state index contributed by atoms with van der Waals surface area (Å²) in [5.41, 5.74) is 6.98. The van der Waals surface area contributed by atoms with Crippen LogP contribution in [0.25, 0.3) is 10.1 Å². The smallest absolute Gasteiger partial charge is 0.0377 e. The highest BCUT2D eigenvalue weighted by Crippen LogP contribution is 2.28. The molecule has 14 heavy (non-hydrogen) atoms. The number of hydrogen-bond donors (Lipinski definition) is 1. The zero-order valence-corrected chi connectivity index (χ0v) is 9.23. The molecule has 2 N–H and O–H groups in total. The first-order chi connectivity index (χ1) is 6.81. The predicted octanol–water partition coefficient (Wildman–Crippen LogP) is 3.10. The van der Waals surface area contributed by atoms with Gasteiger partial charge in [-0.2, -0.15) is 0 Å². The number of benzene rings is 1. The predicted molar refractivity (Wildman–Crippen MR) is 63.9 cm³/mol. The maximum absolute atomic E-state index is 5.53. The maximum atomic E-state index is 5.53. The third-order valence-corrected chi connectivity index (χ3v) is 3.54. The fourth-order valence-electron chi connectivity index (χ4n) is 1.74. The Kier molecular flexibility index (Phi) is 2.85. The highest BCUT2D eigenvalue weighted by atomic mass is 32.1. The van der Waals surface area contributed by atoms with Crippen LogP contribution in [0.1, 0.15) is 16.9 Å². The maximum Gasteiger partial charge on any atom is 0.0377 e. The van der Waals surface area contributed by atoms with Crippen molar-refractivity contribution in [3.8, 4) is 0 Å². The lowest BCUT2D eigenvalue weighted by Gasteiger charge is -2.00. The van der Waals surface area contributed by atoms with E-state index in [9.17, 15) is 0 Å². The van der Waals surface area contributed by atoms with Gasteiger partial charge in [0.25, 0.3) is 0 Å². The lowest BCUT2D eigenvalue weighted by Crippen LogP contribution is -2.00. The molecule has 0 spiro atoms. The van der Waals surface area contributed by atoms with E-state index < -0.39 is 0 Å². The minimum absolute atomic E-state index is 0.779.